The smallest absolute Gasteiger partial charge is 0.339 e. The molecule has 0 aromatic heterocycles. The van der Waals surface area contributed by atoms with Crippen molar-refractivity contribution in [2.24, 2.45) is 0 Å². The van der Waals surface area contributed by atoms with E-state index in [1.165, 1.54) is 19.1 Å². The average Bonchev–Trinajstić information content (AvgIpc) is 2.03. The van der Waals surface area contributed by atoms with Crippen molar-refractivity contribution in [1.29, 1.82) is 0 Å². The van der Waals surface area contributed by atoms with Crippen molar-refractivity contribution in [1.82, 2.24) is 0 Å². The second-order valence-corrected chi connectivity index (χ2v) is 2.39. The van der Waals surface area contributed by atoms with E-state index in [1.807, 2.05) is 0 Å². The molecular weight excluding hydrogens is 211 g/mol. The van der Waals surface area contributed by atoms with Gasteiger partial charge in [-0.25, -0.2) is 4.79 Å². The zero-order chi connectivity index (χ0) is 9.84. The number of para-hydroxylation sites is 1. The Bertz CT molecular complexity index is 348. The summed E-state index contributed by atoms with van der Waals surface area (Å²) < 4.78 is 4.69. The Morgan fingerprint density at radius 3 is 2.36 bits per heavy atom. The molecule has 0 bridgehead atoms. The molecule has 1 aromatic rings. The van der Waals surface area contributed by atoms with Crippen LogP contribution in [0.5, 0.6) is 5.75 Å². The van der Waals surface area contributed by atoms with E-state index in [0.29, 0.717) is 0 Å². The summed E-state index contributed by atoms with van der Waals surface area (Å²) in [6, 6.07) is 5.98. The Morgan fingerprint density at radius 2 is 1.86 bits per heavy atom. The van der Waals surface area contributed by atoms with Gasteiger partial charge >= 0.3 is 11.9 Å². The summed E-state index contributed by atoms with van der Waals surface area (Å²) in [6.45, 7) is 1.22. The van der Waals surface area contributed by atoms with Crippen LogP contribution >= 0.6 is 0 Å². The molecule has 69 valence electrons. The van der Waals surface area contributed by atoms with Crippen LogP contribution in [0.2, 0.25) is 0 Å². The van der Waals surface area contributed by atoms with Crippen LogP contribution in [0.4, 0.5) is 0 Å². The van der Waals surface area contributed by atoms with Crippen LogP contribution in [0.3, 0.4) is 0 Å². The molecule has 0 amide bonds. The van der Waals surface area contributed by atoms with Crippen molar-refractivity contribution in [2.75, 3.05) is 0 Å². The fourth-order valence-corrected chi connectivity index (χ4v) is 0.887. The molecule has 1 rings (SSSR count). The summed E-state index contributed by atoms with van der Waals surface area (Å²) in [6.07, 6.45) is 0. The first kappa shape index (κ1) is 13.8. The minimum atomic E-state index is -1.11. The van der Waals surface area contributed by atoms with Crippen LogP contribution in [0.1, 0.15) is 17.3 Å². The number of hydrogen-bond acceptors (Lipinski definition) is 3. The van der Waals surface area contributed by atoms with Gasteiger partial charge in [0, 0.05) is 58.3 Å². The zero-order valence-electron chi connectivity index (χ0n) is 7.98. The van der Waals surface area contributed by atoms with Crippen molar-refractivity contribution in [2.45, 2.75) is 6.92 Å². The Hall–Kier alpha value is -0.204. The van der Waals surface area contributed by atoms with E-state index >= 15 is 0 Å². The van der Waals surface area contributed by atoms with E-state index in [-0.39, 0.29) is 62.7 Å². The van der Waals surface area contributed by atoms with Gasteiger partial charge in [0.15, 0.2) is 0 Å². The topological polar surface area (TPSA) is 63.6 Å². The third-order valence-electron chi connectivity index (χ3n) is 1.37. The van der Waals surface area contributed by atoms with Crippen molar-refractivity contribution in [3.63, 3.8) is 0 Å². The summed E-state index contributed by atoms with van der Waals surface area (Å²) in [7, 11) is 0. The average molecular weight is 219 g/mol. The maximum absolute atomic E-state index is 10.6. The Morgan fingerprint density at radius 1 is 1.29 bits per heavy atom. The van der Waals surface area contributed by atoms with Gasteiger partial charge in [-0.3, -0.25) is 4.79 Å². The van der Waals surface area contributed by atoms with Gasteiger partial charge in [-0.15, -0.1) is 0 Å². The predicted octanol–water partition coefficient (Wildman–Crippen LogP) is 0.929. The minimum Gasteiger partial charge on any atom is -0.478 e. The summed E-state index contributed by atoms with van der Waals surface area (Å²) >= 11 is 0. The molecule has 0 heterocycles. The van der Waals surface area contributed by atoms with Crippen molar-refractivity contribution in [3.8, 4) is 5.75 Å². The van der Waals surface area contributed by atoms with Gasteiger partial charge in [-0.2, -0.15) is 0 Å². The summed E-state index contributed by atoms with van der Waals surface area (Å²) in [5, 5.41) is 8.69. The first-order chi connectivity index (χ1) is 6.11. The monoisotopic (exact) mass is 219 g/mol. The molecule has 1 aromatic carbocycles. The molecule has 0 spiro atoms. The molecule has 0 aliphatic rings. The normalized spacial score (nSPS) is 8.64. The zero-order valence-corrected chi connectivity index (χ0v) is 11.1. The first-order valence-electron chi connectivity index (χ1n) is 3.62. The van der Waals surface area contributed by atoms with Crippen LogP contribution in [-0.4, -0.2) is 68.4 Å². The molecule has 0 aliphatic carbocycles. The number of carboxylic acids is 1. The quantitative estimate of drug-likeness (QED) is 0.456. The number of carboxylic acid groups (broad SMARTS) is 1. The molecule has 4 nitrogen and oxygen atoms in total. The van der Waals surface area contributed by atoms with Gasteiger partial charge in [0.25, 0.3) is 0 Å². The van der Waals surface area contributed by atoms with Crippen LogP contribution in [0, 0.1) is 0 Å². The molecule has 0 unspecified atom stereocenters. The second kappa shape index (κ2) is 6.31. The molecule has 0 saturated carbocycles. The number of esters is 1. The number of ether oxygens (including phenoxy) is 1. The van der Waals surface area contributed by atoms with Crippen molar-refractivity contribution in [3.05, 3.63) is 29.8 Å². The van der Waals surface area contributed by atoms with E-state index in [1.54, 1.807) is 12.1 Å². The summed E-state index contributed by atoms with van der Waals surface area (Å²) in [5.74, 6) is -1.58. The standard InChI is InChI=1S/C9H8O4.K/c1-6(10)13-8-5-3-2-4-7(8)9(11)12;/h2-5H,1H3,(H,11,12);. The Labute approximate surface area is 124 Å². The van der Waals surface area contributed by atoms with Gasteiger partial charge < -0.3 is 9.84 Å². The fraction of sp³-hybridized carbons (Fsp3) is 0.111. The SMILES string of the molecule is CC(=O)Oc1ccccc1C(=O)O.[K]. The number of aromatic carboxylic acids is 1. The van der Waals surface area contributed by atoms with E-state index in [4.69, 9.17) is 5.11 Å². The van der Waals surface area contributed by atoms with Gasteiger partial charge in [0.1, 0.15) is 11.3 Å². The van der Waals surface area contributed by atoms with E-state index in [9.17, 15) is 9.59 Å². The molecule has 1 radical (unpaired) electrons. The molecule has 14 heavy (non-hydrogen) atoms. The number of carbonyl (C=O) groups is 2. The maximum atomic E-state index is 10.6. The van der Waals surface area contributed by atoms with Crippen LogP contribution in [0.25, 0.3) is 0 Å². The number of rotatable bonds is 2. The molecule has 0 fully saturated rings. The van der Waals surface area contributed by atoms with Crippen molar-refractivity contribution < 1.29 is 19.4 Å². The molecule has 0 atom stereocenters. The van der Waals surface area contributed by atoms with Crippen LogP contribution in [-0.2, 0) is 4.79 Å². The summed E-state index contributed by atoms with van der Waals surface area (Å²) in [5.41, 5.74) is -0.0160. The predicted molar refractivity (Wildman–Crippen MR) is 50.5 cm³/mol. The molecule has 1 N–H and O–H groups in total. The van der Waals surface area contributed by atoms with Crippen LogP contribution in [0.15, 0.2) is 24.3 Å². The minimum absolute atomic E-state index is 0. The largest absolute Gasteiger partial charge is 0.478 e. The molecule has 0 aliphatic heterocycles. The van der Waals surface area contributed by atoms with Gasteiger partial charge in [0.2, 0.25) is 0 Å². The third kappa shape index (κ3) is 3.89. The number of benzene rings is 1. The fourth-order valence-electron chi connectivity index (χ4n) is 0.887. The number of carbonyl (C=O) groups excluding carboxylic acids is 1. The second-order valence-electron chi connectivity index (χ2n) is 2.39. The first-order valence-corrected chi connectivity index (χ1v) is 3.62. The molecule has 5 heteroatoms. The van der Waals surface area contributed by atoms with Gasteiger partial charge in [-0.1, -0.05) is 12.1 Å². The molecule has 0 saturated heterocycles. The van der Waals surface area contributed by atoms with E-state index in [0.717, 1.165) is 0 Å². The van der Waals surface area contributed by atoms with Gasteiger partial charge in [0.05, 0.1) is 0 Å². The molecular formula is C9H8KO4. The van der Waals surface area contributed by atoms with Crippen LogP contribution < -0.4 is 4.74 Å². The van der Waals surface area contributed by atoms with E-state index in [2.05, 4.69) is 4.74 Å². The maximum Gasteiger partial charge on any atom is 0.339 e. The Balaban J connectivity index is 0.00000169. The number of hydrogen-bond donors (Lipinski definition) is 1. The third-order valence-corrected chi connectivity index (χ3v) is 1.37. The van der Waals surface area contributed by atoms with Gasteiger partial charge in [-0.05, 0) is 12.1 Å². The van der Waals surface area contributed by atoms with E-state index < -0.39 is 11.9 Å². The van der Waals surface area contributed by atoms with Crippen molar-refractivity contribution >= 4 is 63.3 Å². The Kier molecular flexibility index (Phi) is 6.22. The summed E-state index contributed by atoms with van der Waals surface area (Å²) in [4.78, 5) is 21.2.